The number of fused-ring (bicyclic) bond motifs is 1. The SMILES string of the molecule is O=C(NC1CCc2c(C(=O)N3CCC4(CC3)CCN(c3ccncc3)CC4)cccc21)c1ccccc1Cl. The normalized spacial score (nSPS) is 20.3. The summed E-state index contributed by atoms with van der Waals surface area (Å²) >= 11 is 6.23. The molecule has 3 heterocycles. The number of anilines is 1. The van der Waals surface area contributed by atoms with Crippen LogP contribution in [0.3, 0.4) is 0 Å². The van der Waals surface area contributed by atoms with E-state index in [0.29, 0.717) is 16.0 Å². The van der Waals surface area contributed by atoms with Gasteiger partial charge in [0.25, 0.3) is 11.8 Å². The summed E-state index contributed by atoms with van der Waals surface area (Å²) in [6.45, 7) is 3.74. The van der Waals surface area contributed by atoms with Crippen LogP contribution < -0.4 is 10.2 Å². The maximum Gasteiger partial charge on any atom is 0.254 e. The van der Waals surface area contributed by atoms with Crippen molar-refractivity contribution >= 4 is 29.1 Å². The van der Waals surface area contributed by atoms with Crippen molar-refractivity contribution in [1.82, 2.24) is 15.2 Å². The first-order valence-corrected chi connectivity index (χ1v) is 14.0. The third kappa shape index (κ3) is 4.78. The van der Waals surface area contributed by atoms with Crippen LogP contribution in [0.15, 0.2) is 67.0 Å². The molecule has 196 valence electrons. The van der Waals surface area contributed by atoms with Crippen molar-refractivity contribution in [3.8, 4) is 0 Å². The van der Waals surface area contributed by atoms with Gasteiger partial charge in [-0.25, -0.2) is 0 Å². The van der Waals surface area contributed by atoms with E-state index in [2.05, 4.69) is 27.3 Å². The first kappa shape index (κ1) is 24.9. The van der Waals surface area contributed by atoms with E-state index in [0.717, 1.165) is 68.6 Å². The lowest BCUT2D eigenvalue weighted by Gasteiger charge is -2.47. The summed E-state index contributed by atoms with van der Waals surface area (Å²) in [7, 11) is 0. The van der Waals surface area contributed by atoms with Crippen molar-refractivity contribution < 1.29 is 9.59 Å². The Labute approximate surface area is 229 Å². The number of aromatic nitrogens is 1. The number of nitrogens with zero attached hydrogens (tertiary/aromatic N) is 3. The van der Waals surface area contributed by atoms with E-state index in [9.17, 15) is 9.59 Å². The van der Waals surface area contributed by atoms with Crippen molar-refractivity contribution in [3.63, 3.8) is 0 Å². The number of carbonyl (C=O) groups excluding carboxylic acids is 2. The van der Waals surface area contributed by atoms with Gasteiger partial charge in [0, 0.05) is 49.8 Å². The summed E-state index contributed by atoms with van der Waals surface area (Å²) in [5, 5.41) is 3.58. The Bertz CT molecular complexity index is 1330. The maximum absolute atomic E-state index is 13.7. The number of benzene rings is 2. The molecule has 3 aromatic rings. The van der Waals surface area contributed by atoms with E-state index in [1.54, 1.807) is 12.1 Å². The fourth-order valence-corrected chi connectivity index (χ4v) is 6.76. The molecule has 1 aliphatic carbocycles. The highest BCUT2D eigenvalue weighted by atomic mass is 35.5. The number of halogens is 1. The molecule has 3 aliphatic rings. The predicted octanol–water partition coefficient (Wildman–Crippen LogP) is 5.68. The van der Waals surface area contributed by atoms with Crippen LogP contribution in [0.2, 0.25) is 5.02 Å². The molecule has 1 unspecified atom stereocenters. The van der Waals surface area contributed by atoms with Gasteiger partial charge in [0.1, 0.15) is 0 Å². The highest BCUT2D eigenvalue weighted by Crippen LogP contribution is 2.43. The van der Waals surface area contributed by atoms with E-state index in [1.165, 1.54) is 18.5 Å². The zero-order valence-electron chi connectivity index (χ0n) is 21.5. The zero-order chi connectivity index (χ0) is 26.1. The lowest BCUT2D eigenvalue weighted by Crippen LogP contribution is -2.48. The van der Waals surface area contributed by atoms with Gasteiger partial charge in [-0.3, -0.25) is 14.6 Å². The largest absolute Gasteiger partial charge is 0.371 e. The Morgan fingerprint density at radius 2 is 1.55 bits per heavy atom. The van der Waals surface area contributed by atoms with Gasteiger partial charge < -0.3 is 15.1 Å². The number of hydrogen-bond acceptors (Lipinski definition) is 4. The van der Waals surface area contributed by atoms with Crippen LogP contribution in [0.25, 0.3) is 0 Å². The van der Waals surface area contributed by atoms with E-state index in [4.69, 9.17) is 11.6 Å². The van der Waals surface area contributed by atoms with Crippen molar-refractivity contribution in [2.45, 2.75) is 44.6 Å². The Kier molecular flexibility index (Phi) is 6.83. The van der Waals surface area contributed by atoms with Crippen molar-refractivity contribution in [3.05, 3.63) is 94.3 Å². The average Bonchev–Trinajstić information content (AvgIpc) is 3.37. The maximum atomic E-state index is 13.7. The summed E-state index contributed by atoms with van der Waals surface area (Å²) in [5.74, 6) is -0.0505. The Balaban J connectivity index is 1.09. The van der Waals surface area contributed by atoms with Crippen LogP contribution in [0.5, 0.6) is 0 Å². The van der Waals surface area contributed by atoms with Gasteiger partial charge in [-0.1, -0.05) is 35.9 Å². The third-order valence-corrected chi connectivity index (χ3v) is 9.22. The van der Waals surface area contributed by atoms with Crippen molar-refractivity contribution in [2.24, 2.45) is 5.41 Å². The van der Waals surface area contributed by atoms with Crippen LogP contribution in [0, 0.1) is 5.41 Å². The highest BCUT2D eigenvalue weighted by molar-refractivity contribution is 6.33. The molecule has 6 rings (SSSR count). The molecule has 7 heteroatoms. The minimum Gasteiger partial charge on any atom is -0.371 e. The summed E-state index contributed by atoms with van der Waals surface area (Å²) in [4.78, 5) is 35.2. The van der Waals surface area contributed by atoms with E-state index in [1.807, 2.05) is 47.6 Å². The second-order valence-corrected chi connectivity index (χ2v) is 11.3. The van der Waals surface area contributed by atoms with Crippen LogP contribution in [-0.2, 0) is 6.42 Å². The van der Waals surface area contributed by atoms with Crippen molar-refractivity contribution in [2.75, 3.05) is 31.1 Å². The molecular weight excluding hydrogens is 496 g/mol. The zero-order valence-corrected chi connectivity index (χ0v) is 22.3. The van der Waals surface area contributed by atoms with E-state index in [-0.39, 0.29) is 17.9 Å². The molecule has 2 fully saturated rings. The topological polar surface area (TPSA) is 65.5 Å². The van der Waals surface area contributed by atoms with Gasteiger partial charge in [-0.05, 0) is 85.4 Å². The number of nitrogens with one attached hydrogen (secondary N) is 1. The summed E-state index contributed by atoms with van der Waals surface area (Å²) in [6.07, 6.45) is 9.76. The molecule has 2 saturated heterocycles. The predicted molar refractivity (Wildman–Crippen MR) is 150 cm³/mol. The summed E-state index contributed by atoms with van der Waals surface area (Å²) in [6, 6.07) is 17.1. The molecule has 2 amide bonds. The smallest absolute Gasteiger partial charge is 0.254 e. The number of piperidine rings is 2. The Hall–Kier alpha value is -3.38. The molecular formula is C31H33ClN4O2. The second-order valence-electron chi connectivity index (χ2n) is 10.9. The second kappa shape index (κ2) is 10.4. The quantitative estimate of drug-likeness (QED) is 0.473. The minimum atomic E-state index is -0.179. The molecule has 38 heavy (non-hydrogen) atoms. The van der Waals surface area contributed by atoms with Gasteiger partial charge in [0.2, 0.25) is 0 Å². The van der Waals surface area contributed by atoms with Crippen LogP contribution in [0.4, 0.5) is 5.69 Å². The molecule has 0 radical (unpaired) electrons. The van der Waals surface area contributed by atoms with Gasteiger partial charge in [-0.2, -0.15) is 0 Å². The first-order chi connectivity index (χ1) is 18.5. The molecule has 0 bridgehead atoms. The van der Waals surface area contributed by atoms with Crippen LogP contribution in [-0.4, -0.2) is 47.9 Å². The Morgan fingerprint density at radius 3 is 2.29 bits per heavy atom. The lowest BCUT2D eigenvalue weighted by molar-refractivity contribution is 0.0514. The van der Waals surface area contributed by atoms with Gasteiger partial charge >= 0.3 is 0 Å². The van der Waals surface area contributed by atoms with E-state index >= 15 is 0 Å². The van der Waals surface area contributed by atoms with Crippen LogP contribution in [0.1, 0.15) is 70.0 Å². The standard InChI is InChI=1S/C31H33ClN4O2/c32-27-7-2-1-4-26(27)29(37)34-28-9-8-23-24(28)5-3-6-25(23)30(38)36-20-14-31(15-21-36)12-18-35(19-13-31)22-10-16-33-17-11-22/h1-7,10-11,16-17,28H,8-9,12-15,18-21H2,(H,34,37). The number of pyridine rings is 1. The molecule has 1 N–H and O–H groups in total. The average molecular weight is 529 g/mol. The fourth-order valence-electron chi connectivity index (χ4n) is 6.53. The van der Waals surface area contributed by atoms with Crippen molar-refractivity contribution in [1.29, 1.82) is 0 Å². The molecule has 6 nitrogen and oxygen atoms in total. The number of likely N-dealkylation sites (tertiary alicyclic amines) is 1. The number of amides is 2. The summed E-state index contributed by atoms with van der Waals surface area (Å²) in [5.41, 5.74) is 4.99. The van der Waals surface area contributed by atoms with Gasteiger partial charge in [-0.15, -0.1) is 0 Å². The number of carbonyl (C=O) groups is 2. The first-order valence-electron chi connectivity index (χ1n) is 13.6. The monoisotopic (exact) mass is 528 g/mol. The fraction of sp³-hybridized carbons (Fsp3) is 0.387. The summed E-state index contributed by atoms with van der Waals surface area (Å²) < 4.78 is 0. The molecule has 1 atom stereocenters. The van der Waals surface area contributed by atoms with Crippen LogP contribution >= 0.6 is 11.6 Å². The molecule has 2 aromatic carbocycles. The molecule has 2 aliphatic heterocycles. The number of hydrogen-bond donors (Lipinski definition) is 1. The van der Waals surface area contributed by atoms with E-state index < -0.39 is 0 Å². The van der Waals surface area contributed by atoms with Gasteiger partial charge in [0.15, 0.2) is 0 Å². The lowest BCUT2D eigenvalue weighted by atomic mass is 9.71. The minimum absolute atomic E-state index is 0.114. The Morgan fingerprint density at radius 1 is 0.868 bits per heavy atom. The third-order valence-electron chi connectivity index (χ3n) is 8.89. The molecule has 1 aromatic heterocycles. The highest BCUT2D eigenvalue weighted by Gasteiger charge is 2.39. The number of rotatable bonds is 4. The van der Waals surface area contributed by atoms with Gasteiger partial charge in [0.05, 0.1) is 16.6 Å². The molecule has 0 saturated carbocycles. The molecule has 1 spiro atoms.